The van der Waals surface area contributed by atoms with E-state index in [4.69, 9.17) is 5.11 Å². The summed E-state index contributed by atoms with van der Waals surface area (Å²) in [4.78, 5) is 23.4. The van der Waals surface area contributed by atoms with Gasteiger partial charge in [0.1, 0.15) is 0 Å². The van der Waals surface area contributed by atoms with E-state index >= 15 is 0 Å². The zero-order valence-electron chi connectivity index (χ0n) is 12.1. The summed E-state index contributed by atoms with van der Waals surface area (Å²) in [6, 6.07) is 10.0. The molecule has 2 aromatic carbocycles. The van der Waals surface area contributed by atoms with Crippen LogP contribution in [0.25, 0.3) is 0 Å². The Labute approximate surface area is 130 Å². The number of rotatable bonds is 4. The molecule has 1 atom stereocenters. The highest BCUT2D eigenvalue weighted by Gasteiger charge is 2.31. The van der Waals surface area contributed by atoms with Crippen LogP contribution in [0.3, 0.4) is 0 Å². The summed E-state index contributed by atoms with van der Waals surface area (Å²) in [5.41, 5.74) is -0.441. The zero-order chi connectivity index (χ0) is 17.2. The molecule has 0 bridgehead atoms. The van der Waals surface area contributed by atoms with Crippen LogP contribution in [0.2, 0.25) is 0 Å². The van der Waals surface area contributed by atoms with Crippen molar-refractivity contribution < 1.29 is 27.9 Å². The van der Waals surface area contributed by atoms with E-state index in [-0.39, 0.29) is 11.1 Å². The quantitative estimate of drug-likeness (QED) is 0.861. The molecular formula is C17H13F3O3. The maximum Gasteiger partial charge on any atom is 0.416 e. The number of aliphatic carboxylic acids is 1. The second-order valence-electron chi connectivity index (χ2n) is 5.09. The van der Waals surface area contributed by atoms with E-state index in [9.17, 15) is 22.8 Å². The van der Waals surface area contributed by atoms with Crippen LogP contribution in [-0.4, -0.2) is 16.9 Å². The zero-order valence-corrected chi connectivity index (χ0v) is 12.1. The molecular weight excluding hydrogens is 309 g/mol. The Bertz CT molecular complexity index is 751. The number of ketones is 1. The first-order valence-electron chi connectivity index (χ1n) is 6.75. The average Bonchev–Trinajstić information content (AvgIpc) is 2.52. The standard InChI is InChI=1S/C17H13F3O3/c1-10(16(22)23)11-4-2-5-12(8-11)15(21)13-6-3-7-14(9-13)17(18,19)20/h2-10H,1H3,(H,22,23). The second kappa shape index (κ2) is 6.24. The fraction of sp³-hybridized carbons (Fsp3) is 0.176. The average molecular weight is 322 g/mol. The van der Waals surface area contributed by atoms with Gasteiger partial charge in [-0.25, -0.2) is 0 Å². The lowest BCUT2D eigenvalue weighted by molar-refractivity contribution is -0.138. The fourth-order valence-corrected chi connectivity index (χ4v) is 2.10. The van der Waals surface area contributed by atoms with Crippen LogP contribution in [0.15, 0.2) is 48.5 Å². The fourth-order valence-electron chi connectivity index (χ4n) is 2.10. The molecule has 0 aliphatic carbocycles. The molecule has 3 nitrogen and oxygen atoms in total. The molecule has 23 heavy (non-hydrogen) atoms. The molecule has 1 unspecified atom stereocenters. The Morgan fingerprint density at radius 3 is 2.13 bits per heavy atom. The molecule has 2 aromatic rings. The van der Waals surface area contributed by atoms with E-state index in [1.54, 1.807) is 6.07 Å². The van der Waals surface area contributed by atoms with Gasteiger partial charge in [-0.2, -0.15) is 13.2 Å². The van der Waals surface area contributed by atoms with Gasteiger partial charge < -0.3 is 5.11 Å². The van der Waals surface area contributed by atoms with Gasteiger partial charge >= 0.3 is 12.1 Å². The molecule has 0 aliphatic rings. The summed E-state index contributed by atoms with van der Waals surface area (Å²) in [6.07, 6.45) is -4.53. The summed E-state index contributed by atoms with van der Waals surface area (Å²) >= 11 is 0. The number of carbonyl (C=O) groups is 2. The Kier molecular flexibility index (Phi) is 4.54. The number of hydrogen-bond donors (Lipinski definition) is 1. The second-order valence-corrected chi connectivity index (χ2v) is 5.09. The van der Waals surface area contributed by atoms with Crippen molar-refractivity contribution in [2.45, 2.75) is 19.0 Å². The van der Waals surface area contributed by atoms with E-state index in [0.717, 1.165) is 12.1 Å². The van der Waals surface area contributed by atoms with Crippen LogP contribution < -0.4 is 0 Å². The topological polar surface area (TPSA) is 54.4 Å². The molecule has 0 fully saturated rings. The molecule has 1 N–H and O–H groups in total. The lowest BCUT2D eigenvalue weighted by Crippen LogP contribution is -2.10. The predicted molar refractivity (Wildman–Crippen MR) is 77.4 cm³/mol. The first kappa shape index (κ1) is 16.7. The van der Waals surface area contributed by atoms with Gasteiger partial charge in [0.25, 0.3) is 0 Å². The predicted octanol–water partition coefficient (Wildman–Crippen LogP) is 4.12. The number of hydrogen-bond acceptors (Lipinski definition) is 2. The third-order valence-electron chi connectivity index (χ3n) is 3.47. The largest absolute Gasteiger partial charge is 0.481 e. The van der Waals surface area contributed by atoms with Gasteiger partial charge in [0, 0.05) is 11.1 Å². The Morgan fingerprint density at radius 1 is 1.00 bits per heavy atom. The molecule has 0 aliphatic heterocycles. The highest BCUT2D eigenvalue weighted by Crippen LogP contribution is 2.30. The number of carbonyl (C=O) groups excluding carboxylic acids is 1. The maximum absolute atomic E-state index is 12.7. The summed E-state index contributed by atoms with van der Waals surface area (Å²) in [5.74, 6) is -2.45. The van der Waals surface area contributed by atoms with Crippen LogP contribution in [0, 0.1) is 0 Å². The third kappa shape index (κ3) is 3.77. The van der Waals surface area contributed by atoms with E-state index in [1.807, 2.05) is 0 Å². The van der Waals surface area contributed by atoms with Crippen molar-refractivity contribution in [1.82, 2.24) is 0 Å². The summed E-state index contributed by atoms with van der Waals surface area (Å²) in [7, 11) is 0. The van der Waals surface area contributed by atoms with E-state index in [2.05, 4.69) is 0 Å². The highest BCUT2D eigenvalue weighted by molar-refractivity contribution is 6.09. The van der Waals surface area contributed by atoms with Crippen molar-refractivity contribution in [2.75, 3.05) is 0 Å². The van der Waals surface area contributed by atoms with Crippen molar-refractivity contribution in [2.24, 2.45) is 0 Å². The highest BCUT2D eigenvalue weighted by atomic mass is 19.4. The summed E-state index contributed by atoms with van der Waals surface area (Å²) in [5, 5.41) is 9.00. The Morgan fingerprint density at radius 2 is 1.57 bits per heavy atom. The minimum atomic E-state index is -4.53. The van der Waals surface area contributed by atoms with Gasteiger partial charge in [-0.05, 0) is 30.7 Å². The van der Waals surface area contributed by atoms with E-state index in [1.165, 1.54) is 37.3 Å². The normalized spacial score (nSPS) is 12.7. The lowest BCUT2D eigenvalue weighted by Gasteiger charge is -2.10. The molecule has 0 heterocycles. The summed E-state index contributed by atoms with van der Waals surface area (Å²) in [6.45, 7) is 1.47. The van der Waals surface area contributed by atoms with E-state index < -0.39 is 29.4 Å². The molecule has 120 valence electrons. The third-order valence-corrected chi connectivity index (χ3v) is 3.47. The molecule has 0 amide bonds. The van der Waals surface area contributed by atoms with Crippen LogP contribution in [-0.2, 0) is 11.0 Å². The van der Waals surface area contributed by atoms with Crippen molar-refractivity contribution in [3.8, 4) is 0 Å². The minimum Gasteiger partial charge on any atom is -0.481 e. The Balaban J connectivity index is 2.38. The Hall–Kier alpha value is -2.63. The SMILES string of the molecule is CC(C(=O)O)c1cccc(C(=O)c2cccc(C(F)(F)F)c2)c1. The smallest absolute Gasteiger partial charge is 0.416 e. The number of halogens is 3. The molecule has 6 heteroatoms. The number of carboxylic acid groups (broad SMARTS) is 1. The van der Waals surface area contributed by atoms with Crippen molar-refractivity contribution >= 4 is 11.8 Å². The van der Waals surface area contributed by atoms with E-state index in [0.29, 0.717) is 5.56 Å². The number of alkyl halides is 3. The van der Waals surface area contributed by atoms with Crippen LogP contribution in [0.4, 0.5) is 13.2 Å². The van der Waals surface area contributed by atoms with Crippen molar-refractivity contribution in [3.05, 3.63) is 70.8 Å². The molecule has 0 radical (unpaired) electrons. The van der Waals surface area contributed by atoms with Gasteiger partial charge in [-0.15, -0.1) is 0 Å². The minimum absolute atomic E-state index is 0.0973. The molecule has 0 aromatic heterocycles. The first-order chi connectivity index (χ1) is 10.7. The molecule has 0 saturated heterocycles. The monoisotopic (exact) mass is 322 g/mol. The first-order valence-corrected chi connectivity index (χ1v) is 6.75. The van der Waals surface area contributed by atoms with Gasteiger partial charge in [-0.3, -0.25) is 9.59 Å². The van der Waals surface area contributed by atoms with Crippen LogP contribution in [0.1, 0.15) is 39.9 Å². The van der Waals surface area contributed by atoms with Gasteiger partial charge in [0.15, 0.2) is 5.78 Å². The van der Waals surface area contributed by atoms with Gasteiger partial charge in [0.05, 0.1) is 11.5 Å². The van der Waals surface area contributed by atoms with Gasteiger partial charge in [-0.1, -0.05) is 30.3 Å². The maximum atomic E-state index is 12.7. The van der Waals surface area contributed by atoms with Crippen molar-refractivity contribution in [3.63, 3.8) is 0 Å². The van der Waals surface area contributed by atoms with Crippen molar-refractivity contribution in [1.29, 1.82) is 0 Å². The summed E-state index contributed by atoms with van der Waals surface area (Å²) < 4.78 is 38.1. The number of benzene rings is 2. The lowest BCUT2D eigenvalue weighted by atomic mass is 9.95. The molecule has 0 saturated carbocycles. The number of carboxylic acids is 1. The molecule has 0 spiro atoms. The van der Waals surface area contributed by atoms with Gasteiger partial charge in [0.2, 0.25) is 0 Å². The van der Waals surface area contributed by atoms with Crippen LogP contribution in [0.5, 0.6) is 0 Å². The molecule has 2 rings (SSSR count). The van der Waals surface area contributed by atoms with Crippen LogP contribution >= 0.6 is 0 Å².